The standard InChI is InChI=1S/C22H24N2O7/c1-14(20(26)27)18(24-22(30)31-13-16-10-6-3-7-11-16)19(25)23-17(21(28)29)12-15-8-4-2-5-9-15/h2-11,14,17-18H,12-13H2,1H3,(H,23,25)(H,24,30)(H,26,27)(H,28,29)/t14?,17-,18-/m0/s1. The number of carboxylic acids is 2. The smallest absolute Gasteiger partial charge is 0.408 e. The Labute approximate surface area is 179 Å². The molecule has 1 unspecified atom stereocenters. The Bertz CT molecular complexity index is 903. The molecule has 2 amide bonds. The van der Waals surface area contributed by atoms with Crippen molar-refractivity contribution in [3.8, 4) is 0 Å². The number of alkyl carbamates (subject to hydrolysis) is 1. The van der Waals surface area contributed by atoms with Crippen LogP contribution in [0.15, 0.2) is 60.7 Å². The van der Waals surface area contributed by atoms with E-state index in [0.29, 0.717) is 11.1 Å². The average Bonchev–Trinajstić information content (AvgIpc) is 2.76. The van der Waals surface area contributed by atoms with Crippen molar-refractivity contribution in [3.05, 3.63) is 71.8 Å². The summed E-state index contributed by atoms with van der Waals surface area (Å²) in [5.41, 5.74) is 1.38. The predicted molar refractivity (Wildman–Crippen MR) is 110 cm³/mol. The minimum Gasteiger partial charge on any atom is -0.481 e. The molecule has 0 aliphatic carbocycles. The first-order chi connectivity index (χ1) is 14.8. The summed E-state index contributed by atoms with van der Waals surface area (Å²) < 4.78 is 5.05. The fourth-order valence-electron chi connectivity index (χ4n) is 2.76. The number of nitrogens with one attached hydrogen (secondary N) is 2. The Kier molecular flexibility index (Phi) is 8.56. The van der Waals surface area contributed by atoms with Gasteiger partial charge < -0.3 is 25.6 Å². The van der Waals surface area contributed by atoms with E-state index in [1.165, 1.54) is 6.92 Å². The topological polar surface area (TPSA) is 142 Å². The number of ether oxygens (including phenoxy) is 1. The van der Waals surface area contributed by atoms with Gasteiger partial charge in [0, 0.05) is 6.42 Å². The van der Waals surface area contributed by atoms with Crippen LogP contribution in [0, 0.1) is 5.92 Å². The molecule has 0 radical (unpaired) electrons. The number of carbonyl (C=O) groups is 4. The lowest BCUT2D eigenvalue weighted by molar-refractivity contribution is -0.145. The molecule has 2 rings (SSSR count). The van der Waals surface area contributed by atoms with Gasteiger partial charge in [0.15, 0.2) is 0 Å². The van der Waals surface area contributed by atoms with Crippen molar-refractivity contribution >= 4 is 23.9 Å². The third kappa shape index (κ3) is 7.46. The summed E-state index contributed by atoms with van der Waals surface area (Å²) in [6.45, 7) is 1.16. The molecule has 0 spiro atoms. The zero-order valence-electron chi connectivity index (χ0n) is 16.9. The van der Waals surface area contributed by atoms with E-state index < -0.39 is 41.9 Å². The highest BCUT2D eigenvalue weighted by atomic mass is 16.5. The molecule has 2 aromatic carbocycles. The van der Waals surface area contributed by atoms with Gasteiger partial charge in [-0.3, -0.25) is 9.59 Å². The lowest BCUT2D eigenvalue weighted by Crippen LogP contribution is -2.55. The molecular weight excluding hydrogens is 404 g/mol. The lowest BCUT2D eigenvalue weighted by atomic mass is 10.00. The van der Waals surface area contributed by atoms with E-state index in [9.17, 15) is 29.4 Å². The van der Waals surface area contributed by atoms with Gasteiger partial charge >= 0.3 is 18.0 Å². The van der Waals surface area contributed by atoms with Crippen LogP contribution in [0.3, 0.4) is 0 Å². The summed E-state index contributed by atoms with van der Waals surface area (Å²) in [4.78, 5) is 47.9. The van der Waals surface area contributed by atoms with Crippen LogP contribution < -0.4 is 10.6 Å². The molecule has 3 atom stereocenters. The maximum atomic E-state index is 12.7. The number of benzene rings is 2. The van der Waals surface area contributed by atoms with Gasteiger partial charge in [0.2, 0.25) is 5.91 Å². The van der Waals surface area contributed by atoms with Crippen molar-refractivity contribution in [1.82, 2.24) is 10.6 Å². The number of hydrogen-bond acceptors (Lipinski definition) is 5. The largest absolute Gasteiger partial charge is 0.481 e. The predicted octanol–water partition coefficient (Wildman–Crippen LogP) is 1.81. The number of rotatable bonds is 10. The minimum atomic E-state index is -1.53. The monoisotopic (exact) mass is 428 g/mol. The van der Waals surface area contributed by atoms with E-state index >= 15 is 0 Å². The number of carbonyl (C=O) groups excluding carboxylic acids is 2. The fraction of sp³-hybridized carbons (Fsp3) is 0.273. The molecule has 4 N–H and O–H groups in total. The molecule has 0 fully saturated rings. The van der Waals surface area contributed by atoms with Gasteiger partial charge in [0.05, 0.1) is 5.92 Å². The first-order valence-corrected chi connectivity index (χ1v) is 9.55. The Balaban J connectivity index is 2.06. The first-order valence-electron chi connectivity index (χ1n) is 9.55. The van der Waals surface area contributed by atoms with Gasteiger partial charge in [-0.15, -0.1) is 0 Å². The third-order valence-corrected chi connectivity index (χ3v) is 4.56. The maximum Gasteiger partial charge on any atom is 0.408 e. The van der Waals surface area contributed by atoms with Gasteiger partial charge in [-0.05, 0) is 18.1 Å². The molecule has 0 saturated carbocycles. The molecular formula is C22H24N2O7. The van der Waals surface area contributed by atoms with Gasteiger partial charge in [-0.25, -0.2) is 9.59 Å². The Morgan fingerprint density at radius 1 is 0.839 bits per heavy atom. The van der Waals surface area contributed by atoms with Crippen molar-refractivity contribution in [3.63, 3.8) is 0 Å². The number of aliphatic carboxylic acids is 2. The van der Waals surface area contributed by atoms with Gasteiger partial charge in [-0.2, -0.15) is 0 Å². The molecule has 9 nitrogen and oxygen atoms in total. The van der Waals surface area contributed by atoms with E-state index in [1.54, 1.807) is 60.7 Å². The zero-order valence-corrected chi connectivity index (χ0v) is 16.9. The third-order valence-electron chi connectivity index (χ3n) is 4.56. The van der Waals surface area contributed by atoms with Crippen LogP contribution in [0.25, 0.3) is 0 Å². The van der Waals surface area contributed by atoms with E-state index in [2.05, 4.69) is 10.6 Å². The fourth-order valence-corrected chi connectivity index (χ4v) is 2.76. The van der Waals surface area contributed by atoms with Crippen molar-refractivity contribution in [2.45, 2.75) is 32.0 Å². The van der Waals surface area contributed by atoms with Crippen molar-refractivity contribution in [1.29, 1.82) is 0 Å². The van der Waals surface area contributed by atoms with Crippen LogP contribution in [0.1, 0.15) is 18.1 Å². The van der Waals surface area contributed by atoms with E-state index in [1.807, 2.05) is 0 Å². The van der Waals surface area contributed by atoms with Crippen molar-refractivity contribution < 1.29 is 34.1 Å². The highest BCUT2D eigenvalue weighted by Gasteiger charge is 2.34. The summed E-state index contributed by atoms with van der Waals surface area (Å²) in [6, 6.07) is 14.6. The van der Waals surface area contributed by atoms with E-state index in [0.717, 1.165) is 0 Å². The first kappa shape index (κ1) is 23.4. The Hall–Kier alpha value is -3.88. The SMILES string of the molecule is CC(C(=O)O)[C@H](NC(=O)OCc1ccccc1)C(=O)N[C@@H](Cc1ccccc1)C(=O)O. The van der Waals surface area contributed by atoms with Crippen molar-refractivity contribution in [2.24, 2.45) is 5.92 Å². The minimum absolute atomic E-state index is 0.00542. The average molecular weight is 428 g/mol. The van der Waals surface area contributed by atoms with E-state index in [4.69, 9.17) is 4.74 Å². The molecule has 164 valence electrons. The Morgan fingerprint density at radius 3 is 1.90 bits per heavy atom. The molecule has 0 saturated heterocycles. The molecule has 0 heterocycles. The van der Waals surface area contributed by atoms with Gasteiger partial charge in [-0.1, -0.05) is 60.7 Å². The zero-order chi connectivity index (χ0) is 22.8. The lowest BCUT2D eigenvalue weighted by Gasteiger charge is -2.24. The molecule has 9 heteroatoms. The molecule has 0 aliphatic heterocycles. The normalized spacial score (nSPS) is 13.3. The summed E-state index contributed by atoms with van der Waals surface area (Å²) in [5, 5.41) is 23.3. The van der Waals surface area contributed by atoms with Crippen molar-refractivity contribution in [2.75, 3.05) is 0 Å². The molecule has 2 aromatic rings. The maximum absolute atomic E-state index is 12.7. The quantitative estimate of drug-likeness (QED) is 0.452. The summed E-state index contributed by atoms with van der Waals surface area (Å²) in [6.07, 6.45) is -0.999. The summed E-state index contributed by atoms with van der Waals surface area (Å²) in [7, 11) is 0. The van der Waals surface area contributed by atoms with Crippen LogP contribution in [0.2, 0.25) is 0 Å². The van der Waals surface area contributed by atoms with Crippen LogP contribution in [-0.4, -0.2) is 46.2 Å². The highest BCUT2D eigenvalue weighted by molar-refractivity contribution is 5.92. The second-order valence-corrected chi connectivity index (χ2v) is 6.90. The van der Waals surface area contributed by atoms with Crippen LogP contribution >= 0.6 is 0 Å². The summed E-state index contributed by atoms with van der Waals surface area (Å²) in [5.74, 6) is -4.88. The number of carboxylic acid groups (broad SMARTS) is 2. The highest BCUT2D eigenvalue weighted by Crippen LogP contribution is 2.09. The van der Waals surface area contributed by atoms with E-state index in [-0.39, 0.29) is 13.0 Å². The molecule has 0 aliphatic rings. The second-order valence-electron chi connectivity index (χ2n) is 6.90. The van der Waals surface area contributed by atoms with Crippen LogP contribution in [-0.2, 0) is 32.1 Å². The van der Waals surface area contributed by atoms with Crippen LogP contribution in [0.5, 0.6) is 0 Å². The number of amides is 2. The molecule has 0 bridgehead atoms. The second kappa shape index (κ2) is 11.3. The van der Waals surface area contributed by atoms with Crippen LogP contribution in [0.4, 0.5) is 4.79 Å². The molecule has 31 heavy (non-hydrogen) atoms. The van der Waals surface area contributed by atoms with Gasteiger partial charge in [0.25, 0.3) is 0 Å². The molecule has 0 aromatic heterocycles. The Morgan fingerprint density at radius 2 is 1.39 bits per heavy atom. The summed E-state index contributed by atoms with van der Waals surface area (Å²) >= 11 is 0. The number of hydrogen-bond donors (Lipinski definition) is 4. The van der Waals surface area contributed by atoms with Gasteiger partial charge in [0.1, 0.15) is 18.7 Å².